The normalized spacial score (nSPS) is 33.2. The minimum absolute atomic E-state index is 0.230. The first-order chi connectivity index (χ1) is 19.3. The van der Waals surface area contributed by atoms with Gasteiger partial charge in [0, 0.05) is 17.3 Å². The Labute approximate surface area is 237 Å². The standard InChI is InChI=1S/C31H31ClN2O6/c1-30-15-6-3-7-18-39-29(38)25(30)24-27(36)34(23(19-35)20-9-4-2-5-10-20)26-28(37)33(17-8-16-31(24,26)40-30)22-13-11-21(32)12-14-22/h2,4-6,8-16,23-26,35H,3,7,17-19H2,1H3/b15-6-/t23-,24+,25-,26?,30+,31+/m1/s1. The minimum Gasteiger partial charge on any atom is -0.465 e. The van der Waals surface area contributed by atoms with Crippen molar-refractivity contribution in [2.75, 3.05) is 24.7 Å². The Morgan fingerprint density at radius 1 is 1.00 bits per heavy atom. The SMILES string of the molecule is C[C@]12/C=C\CCCOC(=O)[C@H]1[C@H]1C(=O)N([C@H](CO)c3ccccc3)C3C(=O)N(c4ccc(Cl)cc4)CC=C[C@@]31O2. The fourth-order valence-corrected chi connectivity index (χ4v) is 6.92. The predicted octanol–water partition coefficient (Wildman–Crippen LogP) is 3.84. The number of benzene rings is 2. The number of aliphatic hydroxyl groups excluding tert-OH is 1. The van der Waals surface area contributed by atoms with Gasteiger partial charge in [-0.15, -0.1) is 0 Å². The molecule has 0 saturated carbocycles. The van der Waals surface area contributed by atoms with Crippen LogP contribution >= 0.6 is 11.6 Å². The second-order valence-electron chi connectivity index (χ2n) is 10.9. The van der Waals surface area contributed by atoms with Gasteiger partial charge in [0.2, 0.25) is 5.91 Å². The van der Waals surface area contributed by atoms with Gasteiger partial charge in [0.15, 0.2) is 0 Å². The van der Waals surface area contributed by atoms with Crippen molar-refractivity contribution < 1.29 is 29.0 Å². The van der Waals surface area contributed by atoms with Crippen LogP contribution in [0.3, 0.4) is 0 Å². The molecule has 0 radical (unpaired) electrons. The van der Waals surface area contributed by atoms with E-state index in [1.807, 2.05) is 48.6 Å². The van der Waals surface area contributed by atoms with Gasteiger partial charge in [0.05, 0.1) is 30.8 Å². The van der Waals surface area contributed by atoms with E-state index in [1.165, 1.54) is 4.90 Å². The molecule has 1 spiro atoms. The molecule has 6 atom stereocenters. The summed E-state index contributed by atoms with van der Waals surface area (Å²) in [6.45, 7) is 1.83. The van der Waals surface area contributed by atoms with Crippen LogP contribution in [0, 0.1) is 11.8 Å². The summed E-state index contributed by atoms with van der Waals surface area (Å²) in [4.78, 5) is 45.8. The quantitative estimate of drug-likeness (QED) is 0.449. The summed E-state index contributed by atoms with van der Waals surface area (Å²) in [6, 6.07) is 14.0. The molecular weight excluding hydrogens is 532 g/mol. The first-order valence-electron chi connectivity index (χ1n) is 13.6. The molecule has 1 unspecified atom stereocenters. The van der Waals surface area contributed by atoms with E-state index < -0.39 is 53.6 Å². The number of anilines is 1. The van der Waals surface area contributed by atoms with E-state index in [4.69, 9.17) is 21.1 Å². The van der Waals surface area contributed by atoms with E-state index >= 15 is 0 Å². The van der Waals surface area contributed by atoms with Crippen LogP contribution < -0.4 is 4.90 Å². The minimum atomic E-state index is -1.46. The van der Waals surface area contributed by atoms with Crippen LogP contribution in [0.1, 0.15) is 31.4 Å². The number of hydrogen-bond donors (Lipinski definition) is 1. The Morgan fingerprint density at radius 2 is 1.75 bits per heavy atom. The molecule has 8 nitrogen and oxygen atoms in total. The van der Waals surface area contributed by atoms with Crippen LogP contribution in [0.4, 0.5) is 5.69 Å². The molecule has 0 aliphatic carbocycles. The topological polar surface area (TPSA) is 96.4 Å². The number of fused-ring (bicyclic) bond motifs is 2. The number of likely N-dealkylation sites (tertiary alicyclic amines) is 1. The smallest absolute Gasteiger partial charge is 0.313 e. The molecule has 6 rings (SSSR count). The van der Waals surface area contributed by atoms with Gasteiger partial charge in [0.1, 0.15) is 17.6 Å². The molecule has 2 amide bonds. The lowest BCUT2D eigenvalue weighted by molar-refractivity contribution is -0.159. The Morgan fingerprint density at radius 3 is 2.48 bits per heavy atom. The highest BCUT2D eigenvalue weighted by molar-refractivity contribution is 6.30. The molecule has 2 aromatic rings. The molecule has 4 aliphatic heterocycles. The Kier molecular flexibility index (Phi) is 6.81. The van der Waals surface area contributed by atoms with Crippen LogP contribution in [-0.2, 0) is 23.9 Å². The average Bonchev–Trinajstić information content (AvgIpc) is 3.30. The van der Waals surface area contributed by atoms with Crippen LogP contribution in [-0.4, -0.2) is 64.8 Å². The summed E-state index contributed by atoms with van der Waals surface area (Å²) >= 11 is 6.12. The van der Waals surface area contributed by atoms with Gasteiger partial charge >= 0.3 is 5.97 Å². The second-order valence-corrected chi connectivity index (χ2v) is 11.3. The van der Waals surface area contributed by atoms with Crippen molar-refractivity contribution in [3.05, 3.63) is 89.5 Å². The van der Waals surface area contributed by atoms with E-state index in [1.54, 1.807) is 42.2 Å². The summed E-state index contributed by atoms with van der Waals surface area (Å²) < 4.78 is 12.5. The van der Waals surface area contributed by atoms with Gasteiger partial charge in [-0.05, 0) is 49.6 Å². The van der Waals surface area contributed by atoms with Crippen molar-refractivity contribution in [1.29, 1.82) is 0 Å². The van der Waals surface area contributed by atoms with Crippen molar-refractivity contribution in [2.45, 2.75) is 43.1 Å². The highest BCUT2D eigenvalue weighted by Crippen LogP contribution is 2.58. The lowest BCUT2D eigenvalue weighted by Gasteiger charge is -2.40. The number of esters is 1. The van der Waals surface area contributed by atoms with Crippen molar-refractivity contribution in [3.8, 4) is 0 Å². The number of allylic oxidation sites excluding steroid dienone is 1. The monoisotopic (exact) mass is 562 g/mol. The third-order valence-corrected chi connectivity index (χ3v) is 8.77. The van der Waals surface area contributed by atoms with E-state index in [2.05, 4.69) is 0 Å². The lowest BCUT2D eigenvalue weighted by Crippen LogP contribution is -2.57. The van der Waals surface area contributed by atoms with E-state index in [9.17, 15) is 19.5 Å². The first-order valence-corrected chi connectivity index (χ1v) is 14.0. The van der Waals surface area contributed by atoms with E-state index in [0.29, 0.717) is 29.1 Å². The van der Waals surface area contributed by atoms with Gasteiger partial charge in [0.25, 0.3) is 5.91 Å². The number of amides is 2. The van der Waals surface area contributed by atoms with Crippen LogP contribution in [0.15, 0.2) is 78.9 Å². The van der Waals surface area contributed by atoms with Gasteiger partial charge in [-0.2, -0.15) is 0 Å². The zero-order valence-electron chi connectivity index (χ0n) is 22.1. The molecule has 1 N–H and O–H groups in total. The maximum Gasteiger partial charge on any atom is 0.313 e. The van der Waals surface area contributed by atoms with E-state index in [-0.39, 0.29) is 19.1 Å². The van der Waals surface area contributed by atoms with Gasteiger partial charge in [-0.25, -0.2) is 0 Å². The summed E-state index contributed by atoms with van der Waals surface area (Å²) in [7, 11) is 0. The fourth-order valence-electron chi connectivity index (χ4n) is 6.79. The molecular formula is C31H31ClN2O6. The number of nitrogens with zero attached hydrogens (tertiary/aromatic N) is 2. The van der Waals surface area contributed by atoms with Crippen LogP contribution in [0.25, 0.3) is 0 Å². The summed E-state index contributed by atoms with van der Waals surface area (Å²) in [5.41, 5.74) is -1.35. The largest absolute Gasteiger partial charge is 0.465 e. The number of aliphatic hydroxyl groups is 1. The summed E-state index contributed by atoms with van der Waals surface area (Å²) in [6.07, 6.45) is 8.74. The van der Waals surface area contributed by atoms with Crippen LogP contribution in [0.5, 0.6) is 0 Å². The summed E-state index contributed by atoms with van der Waals surface area (Å²) in [5, 5.41) is 11.2. The van der Waals surface area contributed by atoms with Gasteiger partial charge in [-0.1, -0.05) is 66.2 Å². The summed E-state index contributed by atoms with van der Waals surface area (Å²) in [5.74, 6) is -3.32. The molecule has 9 heteroatoms. The molecule has 0 bridgehead atoms. The Balaban J connectivity index is 1.54. The predicted molar refractivity (Wildman–Crippen MR) is 148 cm³/mol. The van der Waals surface area contributed by atoms with Gasteiger partial charge < -0.3 is 24.4 Å². The molecule has 208 valence electrons. The fraction of sp³-hybridized carbons (Fsp3) is 0.387. The first kappa shape index (κ1) is 26.7. The second kappa shape index (κ2) is 10.2. The Hall–Kier alpha value is -3.46. The zero-order chi connectivity index (χ0) is 28.1. The van der Waals surface area contributed by atoms with E-state index in [0.717, 1.165) is 0 Å². The van der Waals surface area contributed by atoms with Crippen molar-refractivity contribution >= 4 is 35.1 Å². The highest BCUT2D eigenvalue weighted by Gasteiger charge is 2.75. The van der Waals surface area contributed by atoms with Crippen molar-refractivity contribution in [3.63, 3.8) is 0 Å². The lowest BCUT2D eigenvalue weighted by atomic mass is 9.74. The molecule has 2 aromatic carbocycles. The van der Waals surface area contributed by atoms with Crippen molar-refractivity contribution in [1.82, 2.24) is 4.90 Å². The van der Waals surface area contributed by atoms with Crippen LogP contribution in [0.2, 0.25) is 5.02 Å². The third-order valence-electron chi connectivity index (χ3n) is 8.52. The molecule has 4 heterocycles. The zero-order valence-corrected chi connectivity index (χ0v) is 22.9. The maximum atomic E-state index is 14.6. The number of cyclic esters (lactones) is 1. The number of carbonyl (C=O) groups is 3. The van der Waals surface area contributed by atoms with Crippen molar-refractivity contribution in [2.24, 2.45) is 11.8 Å². The molecule has 2 saturated heterocycles. The number of carbonyl (C=O) groups excluding carboxylic acids is 3. The number of halogens is 1. The number of ether oxygens (including phenoxy) is 2. The highest BCUT2D eigenvalue weighted by atomic mass is 35.5. The molecule has 2 fully saturated rings. The number of rotatable bonds is 4. The van der Waals surface area contributed by atoms with Gasteiger partial charge in [-0.3, -0.25) is 14.4 Å². The number of hydrogen-bond acceptors (Lipinski definition) is 6. The maximum absolute atomic E-state index is 14.6. The molecule has 40 heavy (non-hydrogen) atoms. The molecule has 0 aromatic heterocycles. The Bertz CT molecular complexity index is 1380. The molecule has 4 aliphatic rings. The average molecular weight is 563 g/mol. The third kappa shape index (κ3) is 4.08.